The van der Waals surface area contributed by atoms with Gasteiger partial charge in [-0.1, -0.05) is 25.3 Å². The number of benzene rings is 1. The Balaban J connectivity index is 1.83. The Morgan fingerprint density at radius 2 is 1.90 bits per heavy atom. The Kier molecular flexibility index (Phi) is 6.25. The summed E-state index contributed by atoms with van der Waals surface area (Å²) in [6, 6.07) is 7.88. The normalized spacial score (nSPS) is 16.4. The molecule has 0 atom stereocenters. The second-order valence-corrected chi connectivity index (χ2v) is 6.16. The van der Waals surface area contributed by atoms with Gasteiger partial charge < -0.3 is 9.64 Å². The summed E-state index contributed by atoms with van der Waals surface area (Å²) in [6.07, 6.45) is 6.13. The molecule has 1 heterocycles. The van der Waals surface area contributed by atoms with Gasteiger partial charge in [-0.15, -0.1) is 11.8 Å². The number of rotatable bonds is 4. The minimum Gasteiger partial charge on any atom is -0.497 e. The topological polar surface area (TPSA) is 29.5 Å². The molecule has 1 saturated heterocycles. The van der Waals surface area contributed by atoms with E-state index in [-0.39, 0.29) is 5.91 Å². The molecule has 0 aromatic heterocycles. The van der Waals surface area contributed by atoms with Crippen LogP contribution in [-0.4, -0.2) is 36.8 Å². The Morgan fingerprint density at radius 1 is 1.20 bits per heavy atom. The van der Waals surface area contributed by atoms with Crippen LogP contribution in [0, 0.1) is 0 Å². The van der Waals surface area contributed by atoms with E-state index >= 15 is 0 Å². The number of methoxy groups -OCH3 is 1. The fourth-order valence-electron chi connectivity index (χ4n) is 2.42. The van der Waals surface area contributed by atoms with Gasteiger partial charge in [0.25, 0.3) is 0 Å². The SMILES string of the molecule is COc1cccc(SCC(=O)N2CCCCCCC2)c1. The molecule has 0 spiro atoms. The number of carbonyl (C=O) groups excluding carboxylic acids is 1. The third-order valence-electron chi connectivity index (χ3n) is 3.61. The predicted octanol–water partition coefficient (Wildman–Crippen LogP) is 3.58. The van der Waals surface area contributed by atoms with E-state index < -0.39 is 0 Å². The van der Waals surface area contributed by atoms with Crippen LogP contribution in [0.15, 0.2) is 29.2 Å². The van der Waals surface area contributed by atoms with Gasteiger partial charge in [0.2, 0.25) is 5.91 Å². The lowest BCUT2D eigenvalue weighted by atomic mass is 10.1. The van der Waals surface area contributed by atoms with Gasteiger partial charge in [-0.2, -0.15) is 0 Å². The zero-order chi connectivity index (χ0) is 14.2. The number of nitrogens with zero attached hydrogens (tertiary/aromatic N) is 1. The lowest BCUT2D eigenvalue weighted by Crippen LogP contribution is -2.35. The summed E-state index contributed by atoms with van der Waals surface area (Å²) in [5, 5.41) is 0. The maximum Gasteiger partial charge on any atom is 0.232 e. The van der Waals surface area contributed by atoms with Gasteiger partial charge in [0.05, 0.1) is 12.9 Å². The minimum absolute atomic E-state index is 0.264. The number of ether oxygens (including phenoxy) is 1. The molecule has 1 fully saturated rings. The molecular weight excluding hydrogens is 270 g/mol. The van der Waals surface area contributed by atoms with Crippen LogP contribution in [0.4, 0.5) is 0 Å². The Labute approximate surface area is 125 Å². The van der Waals surface area contributed by atoms with Gasteiger partial charge in [-0.3, -0.25) is 4.79 Å². The first-order chi connectivity index (χ1) is 9.79. The van der Waals surface area contributed by atoms with Gasteiger partial charge in [0.1, 0.15) is 5.75 Å². The van der Waals surface area contributed by atoms with Crippen molar-refractivity contribution in [2.24, 2.45) is 0 Å². The minimum atomic E-state index is 0.264. The molecule has 0 N–H and O–H groups in total. The van der Waals surface area contributed by atoms with Crippen LogP contribution in [-0.2, 0) is 4.79 Å². The number of amides is 1. The van der Waals surface area contributed by atoms with Crippen molar-refractivity contribution in [2.45, 2.75) is 37.0 Å². The molecule has 1 aliphatic heterocycles. The van der Waals surface area contributed by atoms with E-state index in [2.05, 4.69) is 0 Å². The Hall–Kier alpha value is -1.16. The number of carbonyl (C=O) groups is 1. The van der Waals surface area contributed by atoms with Crippen LogP contribution in [0.3, 0.4) is 0 Å². The van der Waals surface area contributed by atoms with Crippen molar-refractivity contribution in [1.29, 1.82) is 0 Å². The average Bonchev–Trinajstić information content (AvgIpc) is 2.44. The molecule has 1 aromatic rings. The van der Waals surface area contributed by atoms with Crippen LogP contribution in [0.5, 0.6) is 5.75 Å². The zero-order valence-corrected chi connectivity index (χ0v) is 13.0. The maximum atomic E-state index is 12.3. The van der Waals surface area contributed by atoms with Crippen molar-refractivity contribution >= 4 is 17.7 Å². The molecule has 1 amide bonds. The summed E-state index contributed by atoms with van der Waals surface area (Å²) in [6.45, 7) is 1.86. The third-order valence-corrected chi connectivity index (χ3v) is 4.59. The molecule has 1 aliphatic rings. The van der Waals surface area contributed by atoms with Crippen molar-refractivity contribution in [3.8, 4) is 5.75 Å². The van der Waals surface area contributed by atoms with Crippen molar-refractivity contribution in [2.75, 3.05) is 26.0 Å². The molecule has 20 heavy (non-hydrogen) atoms. The summed E-state index contributed by atoms with van der Waals surface area (Å²) in [5.74, 6) is 1.63. The smallest absolute Gasteiger partial charge is 0.232 e. The fraction of sp³-hybridized carbons (Fsp3) is 0.562. The van der Waals surface area contributed by atoms with E-state index in [0.717, 1.165) is 36.6 Å². The van der Waals surface area contributed by atoms with Crippen LogP contribution < -0.4 is 4.74 Å². The standard InChI is InChI=1S/C16H23NO2S/c1-19-14-8-7-9-15(12-14)20-13-16(18)17-10-5-3-2-4-6-11-17/h7-9,12H,2-6,10-11,13H2,1H3. The Morgan fingerprint density at radius 3 is 2.60 bits per heavy atom. The van der Waals surface area contributed by atoms with E-state index in [1.165, 1.54) is 19.3 Å². The van der Waals surface area contributed by atoms with Gasteiger partial charge >= 0.3 is 0 Å². The summed E-state index contributed by atoms with van der Waals surface area (Å²) in [7, 11) is 1.66. The highest BCUT2D eigenvalue weighted by Gasteiger charge is 2.14. The second-order valence-electron chi connectivity index (χ2n) is 5.12. The summed E-state index contributed by atoms with van der Waals surface area (Å²) in [5.41, 5.74) is 0. The molecule has 0 unspecified atom stereocenters. The molecule has 110 valence electrons. The van der Waals surface area contributed by atoms with E-state index in [4.69, 9.17) is 4.74 Å². The average molecular weight is 293 g/mol. The van der Waals surface area contributed by atoms with Gasteiger partial charge in [0, 0.05) is 18.0 Å². The number of hydrogen-bond donors (Lipinski definition) is 0. The first-order valence-corrected chi connectivity index (χ1v) is 8.33. The monoisotopic (exact) mass is 293 g/mol. The number of hydrogen-bond acceptors (Lipinski definition) is 3. The second kappa shape index (κ2) is 8.20. The quantitative estimate of drug-likeness (QED) is 0.795. The molecule has 0 saturated carbocycles. The van der Waals surface area contributed by atoms with Crippen molar-refractivity contribution < 1.29 is 9.53 Å². The van der Waals surface area contributed by atoms with E-state index in [1.807, 2.05) is 29.2 Å². The molecule has 0 radical (unpaired) electrons. The highest BCUT2D eigenvalue weighted by Crippen LogP contribution is 2.23. The molecule has 3 nitrogen and oxygen atoms in total. The fourth-order valence-corrected chi connectivity index (χ4v) is 3.27. The molecule has 2 rings (SSSR count). The van der Waals surface area contributed by atoms with Crippen LogP contribution in [0.25, 0.3) is 0 Å². The predicted molar refractivity (Wildman–Crippen MR) is 83.4 cm³/mol. The third kappa shape index (κ3) is 4.75. The molecular formula is C16H23NO2S. The van der Waals surface area contributed by atoms with Crippen LogP contribution >= 0.6 is 11.8 Å². The molecule has 4 heteroatoms. The van der Waals surface area contributed by atoms with E-state index in [0.29, 0.717) is 5.75 Å². The lowest BCUT2D eigenvalue weighted by molar-refractivity contribution is -0.128. The highest BCUT2D eigenvalue weighted by atomic mass is 32.2. The van der Waals surface area contributed by atoms with Crippen LogP contribution in [0.2, 0.25) is 0 Å². The largest absolute Gasteiger partial charge is 0.497 e. The van der Waals surface area contributed by atoms with Crippen molar-refractivity contribution in [3.63, 3.8) is 0 Å². The van der Waals surface area contributed by atoms with Crippen molar-refractivity contribution in [3.05, 3.63) is 24.3 Å². The molecule has 1 aromatic carbocycles. The van der Waals surface area contributed by atoms with Gasteiger partial charge in [-0.25, -0.2) is 0 Å². The summed E-state index contributed by atoms with van der Waals surface area (Å²) < 4.78 is 5.20. The molecule has 0 aliphatic carbocycles. The van der Waals surface area contributed by atoms with Gasteiger partial charge in [0.15, 0.2) is 0 Å². The van der Waals surface area contributed by atoms with Gasteiger partial charge in [-0.05, 0) is 31.0 Å². The first-order valence-electron chi connectivity index (χ1n) is 7.34. The van der Waals surface area contributed by atoms with E-state index in [1.54, 1.807) is 18.9 Å². The maximum absolute atomic E-state index is 12.3. The molecule has 0 bridgehead atoms. The van der Waals surface area contributed by atoms with Crippen molar-refractivity contribution in [1.82, 2.24) is 4.90 Å². The first kappa shape index (κ1) is 15.2. The Bertz CT molecular complexity index is 428. The zero-order valence-electron chi connectivity index (χ0n) is 12.1. The number of thioether (sulfide) groups is 1. The highest BCUT2D eigenvalue weighted by molar-refractivity contribution is 8.00. The van der Waals surface area contributed by atoms with E-state index in [9.17, 15) is 4.79 Å². The summed E-state index contributed by atoms with van der Waals surface area (Å²) in [4.78, 5) is 15.4. The lowest BCUT2D eigenvalue weighted by Gasteiger charge is -2.24. The number of likely N-dealkylation sites (tertiary alicyclic amines) is 1. The van der Waals surface area contributed by atoms with Crippen LogP contribution in [0.1, 0.15) is 32.1 Å². The summed E-state index contributed by atoms with van der Waals surface area (Å²) >= 11 is 1.59.